The number of carbonyl (C=O) groups excluding carboxylic acids is 4. The molecule has 2 fully saturated rings. The number of aryl methyl sites for hydroxylation is 1. The molecule has 0 bridgehead atoms. The number of likely N-dealkylation sites (tertiary alicyclic amines) is 1. The Morgan fingerprint density at radius 3 is 2.28 bits per heavy atom. The van der Waals surface area contributed by atoms with Crippen LogP contribution < -0.4 is 10.6 Å². The average Bonchev–Trinajstić information content (AvgIpc) is 3.02. The molecule has 1 aromatic rings. The molecule has 0 spiro atoms. The van der Waals surface area contributed by atoms with Crippen molar-refractivity contribution in [2.75, 3.05) is 19.6 Å². The van der Waals surface area contributed by atoms with E-state index in [1.807, 2.05) is 17.9 Å². The van der Waals surface area contributed by atoms with Gasteiger partial charge in [-0.2, -0.15) is 0 Å². The smallest absolute Gasteiger partial charge is 0.317 e. The normalized spacial score (nSPS) is 19.8. The SMILES string of the molecule is Cc1ccc2c(c1)C(=O)N(CCC(=O)NC1CCN(C(=O)NC3CCCCC3)CC1)C2=O. The fraction of sp³-hybridized carbons (Fsp3) is 0.583. The molecule has 3 aliphatic rings. The van der Waals surface area contributed by atoms with Crippen LogP contribution in [0.25, 0.3) is 0 Å². The summed E-state index contributed by atoms with van der Waals surface area (Å²) in [5.41, 5.74) is 1.73. The van der Waals surface area contributed by atoms with Crippen LogP contribution in [0, 0.1) is 6.92 Å². The fourth-order valence-corrected chi connectivity index (χ4v) is 4.86. The summed E-state index contributed by atoms with van der Waals surface area (Å²) in [7, 11) is 0. The first-order valence-corrected chi connectivity index (χ1v) is 11.7. The van der Waals surface area contributed by atoms with E-state index >= 15 is 0 Å². The second kappa shape index (κ2) is 9.71. The van der Waals surface area contributed by atoms with Crippen LogP contribution in [0.4, 0.5) is 4.79 Å². The number of rotatable bonds is 5. The van der Waals surface area contributed by atoms with Crippen molar-refractivity contribution < 1.29 is 19.2 Å². The van der Waals surface area contributed by atoms with Gasteiger partial charge in [-0.1, -0.05) is 30.9 Å². The minimum absolute atomic E-state index is 0.00235. The molecule has 1 aromatic carbocycles. The number of benzene rings is 1. The quantitative estimate of drug-likeness (QED) is 0.688. The molecule has 32 heavy (non-hydrogen) atoms. The lowest BCUT2D eigenvalue weighted by Crippen LogP contribution is -2.51. The number of fused-ring (bicyclic) bond motifs is 1. The molecule has 2 N–H and O–H groups in total. The van der Waals surface area contributed by atoms with Gasteiger partial charge in [-0.3, -0.25) is 19.3 Å². The van der Waals surface area contributed by atoms with E-state index in [0.29, 0.717) is 43.1 Å². The Bertz CT molecular complexity index is 901. The monoisotopic (exact) mass is 440 g/mol. The topological polar surface area (TPSA) is 98.8 Å². The number of urea groups is 1. The lowest BCUT2D eigenvalue weighted by molar-refractivity contribution is -0.122. The van der Waals surface area contributed by atoms with Crippen molar-refractivity contribution in [3.8, 4) is 0 Å². The van der Waals surface area contributed by atoms with Gasteiger partial charge in [0.25, 0.3) is 11.8 Å². The highest BCUT2D eigenvalue weighted by Crippen LogP contribution is 2.24. The summed E-state index contributed by atoms with van der Waals surface area (Å²) in [4.78, 5) is 52.9. The van der Waals surface area contributed by atoms with E-state index in [9.17, 15) is 19.2 Å². The lowest BCUT2D eigenvalue weighted by atomic mass is 9.95. The molecule has 5 amide bonds. The molecule has 2 heterocycles. The molecule has 0 radical (unpaired) electrons. The van der Waals surface area contributed by atoms with Crippen molar-refractivity contribution in [1.29, 1.82) is 0 Å². The first-order valence-electron chi connectivity index (χ1n) is 11.7. The van der Waals surface area contributed by atoms with Gasteiger partial charge in [-0.25, -0.2) is 4.79 Å². The molecule has 0 aromatic heterocycles. The van der Waals surface area contributed by atoms with Crippen LogP contribution in [0.5, 0.6) is 0 Å². The predicted molar refractivity (Wildman–Crippen MR) is 119 cm³/mol. The molecule has 1 aliphatic carbocycles. The van der Waals surface area contributed by atoms with Gasteiger partial charge in [0.05, 0.1) is 11.1 Å². The van der Waals surface area contributed by atoms with Gasteiger partial charge >= 0.3 is 6.03 Å². The molecule has 0 atom stereocenters. The molecule has 1 saturated carbocycles. The van der Waals surface area contributed by atoms with Gasteiger partial charge in [-0.05, 0) is 44.7 Å². The zero-order chi connectivity index (χ0) is 22.7. The van der Waals surface area contributed by atoms with Crippen molar-refractivity contribution in [1.82, 2.24) is 20.4 Å². The molecule has 4 rings (SSSR count). The summed E-state index contributed by atoms with van der Waals surface area (Å²) in [5.74, 6) is -0.850. The number of piperidine rings is 1. The summed E-state index contributed by atoms with van der Waals surface area (Å²) in [5, 5.41) is 6.14. The molecular formula is C24H32N4O4. The molecule has 172 valence electrons. The Hall–Kier alpha value is -2.90. The second-order valence-electron chi connectivity index (χ2n) is 9.17. The maximum absolute atomic E-state index is 12.5. The molecule has 8 nitrogen and oxygen atoms in total. The first-order chi connectivity index (χ1) is 15.4. The molecular weight excluding hydrogens is 408 g/mol. The Labute approximate surface area is 188 Å². The van der Waals surface area contributed by atoms with Gasteiger partial charge in [0, 0.05) is 38.1 Å². The lowest BCUT2D eigenvalue weighted by Gasteiger charge is -2.34. The van der Waals surface area contributed by atoms with Crippen LogP contribution in [-0.2, 0) is 4.79 Å². The van der Waals surface area contributed by atoms with Gasteiger partial charge in [0.15, 0.2) is 0 Å². The van der Waals surface area contributed by atoms with Crippen LogP contribution in [0.1, 0.15) is 77.6 Å². The summed E-state index contributed by atoms with van der Waals surface area (Å²) in [6.07, 6.45) is 7.22. The van der Waals surface area contributed by atoms with E-state index in [1.165, 1.54) is 19.3 Å². The van der Waals surface area contributed by atoms with Gasteiger partial charge < -0.3 is 15.5 Å². The third kappa shape index (κ3) is 4.95. The second-order valence-corrected chi connectivity index (χ2v) is 9.17. The average molecular weight is 441 g/mol. The Balaban J connectivity index is 1.19. The standard InChI is InChI=1S/C24H32N4O4/c1-16-7-8-19-20(15-16)23(31)28(22(19)30)14-11-21(29)25-18-9-12-27(13-10-18)24(32)26-17-5-3-2-4-6-17/h7-8,15,17-18H,2-6,9-14H2,1H3,(H,25,29)(H,26,32). The Morgan fingerprint density at radius 1 is 0.906 bits per heavy atom. The summed E-state index contributed by atoms with van der Waals surface area (Å²) >= 11 is 0. The minimum Gasteiger partial charge on any atom is -0.353 e. The van der Waals surface area contributed by atoms with E-state index in [4.69, 9.17) is 0 Å². The zero-order valence-electron chi connectivity index (χ0n) is 18.7. The van der Waals surface area contributed by atoms with Gasteiger partial charge in [-0.15, -0.1) is 0 Å². The van der Waals surface area contributed by atoms with E-state index in [0.717, 1.165) is 23.3 Å². The molecule has 0 unspecified atom stereocenters. The summed E-state index contributed by atoms with van der Waals surface area (Å²) in [6.45, 7) is 3.17. The number of carbonyl (C=O) groups is 4. The first kappa shape index (κ1) is 22.3. The fourth-order valence-electron chi connectivity index (χ4n) is 4.86. The van der Waals surface area contributed by atoms with E-state index in [-0.39, 0.29) is 42.8 Å². The third-order valence-corrected chi connectivity index (χ3v) is 6.77. The van der Waals surface area contributed by atoms with Crippen LogP contribution >= 0.6 is 0 Å². The largest absolute Gasteiger partial charge is 0.353 e. The number of amides is 5. The van der Waals surface area contributed by atoms with Crippen molar-refractivity contribution >= 4 is 23.8 Å². The number of hydrogen-bond acceptors (Lipinski definition) is 4. The highest BCUT2D eigenvalue weighted by Gasteiger charge is 2.35. The summed E-state index contributed by atoms with van der Waals surface area (Å²) < 4.78 is 0. The van der Waals surface area contributed by atoms with E-state index in [2.05, 4.69) is 10.6 Å². The van der Waals surface area contributed by atoms with Crippen LogP contribution in [0.3, 0.4) is 0 Å². The Morgan fingerprint density at radius 2 is 1.56 bits per heavy atom. The van der Waals surface area contributed by atoms with Gasteiger partial charge in [0.1, 0.15) is 0 Å². The highest BCUT2D eigenvalue weighted by molar-refractivity contribution is 6.21. The van der Waals surface area contributed by atoms with Crippen molar-refractivity contribution in [2.45, 2.75) is 70.4 Å². The highest BCUT2D eigenvalue weighted by atomic mass is 16.2. The van der Waals surface area contributed by atoms with Crippen LogP contribution in [-0.4, -0.2) is 65.3 Å². The van der Waals surface area contributed by atoms with Crippen LogP contribution in [0.2, 0.25) is 0 Å². The third-order valence-electron chi connectivity index (χ3n) is 6.77. The van der Waals surface area contributed by atoms with Crippen molar-refractivity contribution in [3.63, 3.8) is 0 Å². The number of nitrogens with zero attached hydrogens (tertiary/aromatic N) is 2. The predicted octanol–water partition coefficient (Wildman–Crippen LogP) is 2.60. The molecule has 1 saturated heterocycles. The maximum atomic E-state index is 12.5. The number of hydrogen-bond donors (Lipinski definition) is 2. The van der Waals surface area contributed by atoms with Crippen molar-refractivity contribution in [3.05, 3.63) is 34.9 Å². The molecule has 2 aliphatic heterocycles. The number of imide groups is 1. The minimum atomic E-state index is -0.338. The number of nitrogens with one attached hydrogen (secondary N) is 2. The molecule has 8 heteroatoms. The summed E-state index contributed by atoms with van der Waals surface area (Å²) in [6, 6.07) is 5.49. The maximum Gasteiger partial charge on any atom is 0.317 e. The zero-order valence-corrected chi connectivity index (χ0v) is 18.7. The van der Waals surface area contributed by atoms with E-state index in [1.54, 1.807) is 12.1 Å². The van der Waals surface area contributed by atoms with Gasteiger partial charge in [0.2, 0.25) is 5.91 Å². The van der Waals surface area contributed by atoms with Crippen molar-refractivity contribution in [2.24, 2.45) is 0 Å². The Kier molecular flexibility index (Phi) is 6.77. The van der Waals surface area contributed by atoms with Crippen LogP contribution in [0.15, 0.2) is 18.2 Å². The van der Waals surface area contributed by atoms with E-state index < -0.39 is 0 Å².